The van der Waals surface area contributed by atoms with Crippen molar-refractivity contribution in [3.63, 3.8) is 0 Å². The van der Waals surface area contributed by atoms with Gasteiger partial charge in [0, 0.05) is 17.2 Å². The predicted molar refractivity (Wildman–Crippen MR) is 114 cm³/mol. The highest BCUT2D eigenvalue weighted by atomic mass is 32.1. The molecule has 1 amide bonds. The van der Waals surface area contributed by atoms with E-state index in [2.05, 4.69) is 10.4 Å². The van der Waals surface area contributed by atoms with E-state index in [1.54, 1.807) is 12.3 Å². The molecule has 0 radical (unpaired) electrons. The first-order valence-corrected chi connectivity index (χ1v) is 10.3. The monoisotopic (exact) mass is 431 g/mol. The Balaban J connectivity index is 2.19. The molecule has 158 valence electrons. The SMILES string of the molecule is CCOC(=O)c1nn(-c2ccc(F)cc2)c(=O)c2c(NC(=O)CC(C)(C)C)scc12. The Bertz CT molecular complexity index is 1160. The van der Waals surface area contributed by atoms with Crippen molar-refractivity contribution in [3.05, 3.63) is 51.5 Å². The van der Waals surface area contributed by atoms with Crippen molar-refractivity contribution >= 4 is 39.0 Å². The Labute approximate surface area is 176 Å². The van der Waals surface area contributed by atoms with Crippen molar-refractivity contribution in [2.24, 2.45) is 5.41 Å². The molecule has 1 aromatic carbocycles. The molecule has 30 heavy (non-hydrogen) atoms. The Kier molecular flexibility index (Phi) is 6.02. The number of rotatable bonds is 5. The Hall–Kier alpha value is -3.07. The quantitative estimate of drug-likeness (QED) is 0.613. The first-order valence-electron chi connectivity index (χ1n) is 9.38. The number of benzene rings is 1. The van der Waals surface area contributed by atoms with Gasteiger partial charge < -0.3 is 10.1 Å². The third kappa shape index (κ3) is 4.56. The lowest BCUT2D eigenvalue weighted by Gasteiger charge is -2.17. The second kappa shape index (κ2) is 8.35. The van der Waals surface area contributed by atoms with Gasteiger partial charge in [-0.3, -0.25) is 9.59 Å². The normalized spacial score (nSPS) is 11.5. The molecule has 0 unspecified atom stereocenters. The molecule has 0 aliphatic heterocycles. The lowest BCUT2D eigenvalue weighted by molar-refractivity contribution is -0.117. The number of halogens is 1. The van der Waals surface area contributed by atoms with Gasteiger partial charge in [-0.05, 0) is 36.6 Å². The molecule has 9 heteroatoms. The summed E-state index contributed by atoms with van der Waals surface area (Å²) in [5.74, 6) is -1.40. The number of carbonyl (C=O) groups excluding carboxylic acids is 2. The van der Waals surface area contributed by atoms with E-state index in [1.807, 2.05) is 20.8 Å². The van der Waals surface area contributed by atoms with E-state index in [-0.39, 0.29) is 41.1 Å². The van der Waals surface area contributed by atoms with Gasteiger partial charge in [0.1, 0.15) is 10.8 Å². The van der Waals surface area contributed by atoms with Crippen LogP contribution in [0.15, 0.2) is 34.4 Å². The number of thiophene rings is 1. The summed E-state index contributed by atoms with van der Waals surface area (Å²) in [5, 5.41) is 9.32. The largest absolute Gasteiger partial charge is 0.461 e. The van der Waals surface area contributed by atoms with Crippen LogP contribution in [-0.4, -0.2) is 28.3 Å². The van der Waals surface area contributed by atoms with Gasteiger partial charge in [0.15, 0.2) is 5.69 Å². The van der Waals surface area contributed by atoms with Gasteiger partial charge in [-0.25, -0.2) is 9.18 Å². The predicted octanol–water partition coefficient (Wildman–Crippen LogP) is 4.14. The molecule has 0 spiro atoms. The van der Waals surface area contributed by atoms with Crippen molar-refractivity contribution in [1.29, 1.82) is 0 Å². The summed E-state index contributed by atoms with van der Waals surface area (Å²) in [6.07, 6.45) is 0.258. The van der Waals surface area contributed by atoms with Crippen LogP contribution in [0.1, 0.15) is 44.6 Å². The van der Waals surface area contributed by atoms with Crippen molar-refractivity contribution in [2.75, 3.05) is 11.9 Å². The van der Waals surface area contributed by atoms with E-state index >= 15 is 0 Å². The van der Waals surface area contributed by atoms with E-state index in [0.29, 0.717) is 10.4 Å². The smallest absolute Gasteiger partial charge is 0.359 e. The number of hydrogen-bond donors (Lipinski definition) is 1. The fourth-order valence-corrected chi connectivity index (χ4v) is 3.85. The number of anilines is 1. The average molecular weight is 431 g/mol. The molecule has 0 aliphatic rings. The van der Waals surface area contributed by atoms with Crippen LogP contribution in [-0.2, 0) is 9.53 Å². The number of nitrogens with zero attached hydrogens (tertiary/aromatic N) is 2. The molecule has 0 bridgehead atoms. The number of carbonyl (C=O) groups is 2. The van der Waals surface area contributed by atoms with Gasteiger partial charge in [0.05, 0.1) is 17.7 Å². The van der Waals surface area contributed by atoms with Crippen LogP contribution in [0, 0.1) is 11.2 Å². The first kappa shape index (κ1) is 21.6. The first-order chi connectivity index (χ1) is 14.1. The van der Waals surface area contributed by atoms with E-state index in [1.165, 1.54) is 24.3 Å². The zero-order chi connectivity index (χ0) is 22.1. The minimum atomic E-state index is -0.691. The van der Waals surface area contributed by atoms with E-state index in [0.717, 1.165) is 16.0 Å². The van der Waals surface area contributed by atoms with Gasteiger partial charge in [-0.15, -0.1) is 11.3 Å². The number of esters is 1. The molecule has 0 saturated heterocycles. The molecule has 0 saturated carbocycles. The molecule has 3 aromatic rings. The second-order valence-electron chi connectivity index (χ2n) is 7.90. The maximum atomic E-state index is 13.3. The lowest BCUT2D eigenvalue weighted by atomic mass is 9.92. The zero-order valence-corrected chi connectivity index (χ0v) is 17.9. The van der Waals surface area contributed by atoms with Crippen LogP contribution in [0.2, 0.25) is 0 Å². The molecule has 7 nitrogen and oxygen atoms in total. The van der Waals surface area contributed by atoms with Crippen molar-refractivity contribution in [1.82, 2.24) is 9.78 Å². The standard InChI is InChI=1S/C21H22FN3O4S/c1-5-29-20(28)17-14-11-30-18(23-15(26)10-21(2,3)4)16(14)19(27)25(24-17)13-8-6-12(22)7-9-13/h6-9,11H,5,10H2,1-4H3,(H,23,26). The Morgan fingerprint density at radius 2 is 1.90 bits per heavy atom. The molecular formula is C21H22FN3O4S. The number of fused-ring (bicyclic) bond motifs is 1. The van der Waals surface area contributed by atoms with Gasteiger partial charge in [0.2, 0.25) is 5.91 Å². The summed E-state index contributed by atoms with van der Waals surface area (Å²) in [5.41, 5.74) is -0.532. The summed E-state index contributed by atoms with van der Waals surface area (Å²) >= 11 is 1.13. The van der Waals surface area contributed by atoms with Gasteiger partial charge >= 0.3 is 5.97 Å². The molecule has 2 aromatic heterocycles. The van der Waals surface area contributed by atoms with E-state index < -0.39 is 17.3 Å². The van der Waals surface area contributed by atoms with Crippen LogP contribution in [0.3, 0.4) is 0 Å². The zero-order valence-electron chi connectivity index (χ0n) is 17.1. The summed E-state index contributed by atoms with van der Waals surface area (Å²) in [4.78, 5) is 38.1. The van der Waals surface area contributed by atoms with E-state index in [4.69, 9.17) is 4.74 Å². The number of nitrogens with one attached hydrogen (secondary N) is 1. The Morgan fingerprint density at radius 3 is 2.50 bits per heavy atom. The average Bonchev–Trinajstić information content (AvgIpc) is 3.05. The Morgan fingerprint density at radius 1 is 1.23 bits per heavy atom. The summed E-state index contributed by atoms with van der Waals surface area (Å²) in [6, 6.07) is 5.15. The van der Waals surface area contributed by atoms with Crippen LogP contribution in [0.4, 0.5) is 9.39 Å². The van der Waals surface area contributed by atoms with Gasteiger partial charge in [-0.1, -0.05) is 20.8 Å². The maximum absolute atomic E-state index is 13.3. The minimum absolute atomic E-state index is 0.0525. The maximum Gasteiger partial charge on any atom is 0.359 e. The molecule has 0 atom stereocenters. The van der Waals surface area contributed by atoms with Gasteiger partial charge in [-0.2, -0.15) is 9.78 Å². The molecule has 0 fully saturated rings. The number of amides is 1. The fraction of sp³-hybridized carbons (Fsp3) is 0.333. The summed E-state index contributed by atoms with van der Waals surface area (Å²) in [7, 11) is 0. The fourth-order valence-electron chi connectivity index (χ4n) is 2.90. The van der Waals surface area contributed by atoms with Crippen LogP contribution in [0.25, 0.3) is 16.5 Å². The van der Waals surface area contributed by atoms with Crippen LogP contribution in [0.5, 0.6) is 0 Å². The third-order valence-electron chi connectivity index (χ3n) is 4.14. The van der Waals surface area contributed by atoms with Crippen LogP contribution < -0.4 is 10.9 Å². The second-order valence-corrected chi connectivity index (χ2v) is 8.78. The van der Waals surface area contributed by atoms with Crippen molar-refractivity contribution in [3.8, 4) is 5.69 Å². The van der Waals surface area contributed by atoms with Crippen molar-refractivity contribution in [2.45, 2.75) is 34.1 Å². The molecule has 0 aliphatic carbocycles. The molecule has 2 heterocycles. The number of hydrogen-bond acceptors (Lipinski definition) is 6. The molecule has 3 rings (SSSR count). The molecular weight excluding hydrogens is 409 g/mol. The summed E-state index contributed by atoms with van der Waals surface area (Å²) < 4.78 is 19.4. The minimum Gasteiger partial charge on any atom is -0.461 e. The van der Waals surface area contributed by atoms with Gasteiger partial charge in [0.25, 0.3) is 5.56 Å². The number of aromatic nitrogens is 2. The van der Waals surface area contributed by atoms with Crippen molar-refractivity contribution < 1.29 is 18.7 Å². The molecule has 1 N–H and O–H groups in total. The number of ether oxygens (including phenoxy) is 1. The van der Waals surface area contributed by atoms with Crippen LogP contribution >= 0.6 is 11.3 Å². The third-order valence-corrected chi connectivity index (χ3v) is 5.03. The lowest BCUT2D eigenvalue weighted by Crippen LogP contribution is -2.26. The van der Waals surface area contributed by atoms with E-state index in [9.17, 15) is 18.8 Å². The highest BCUT2D eigenvalue weighted by molar-refractivity contribution is 7.16. The summed E-state index contributed by atoms with van der Waals surface area (Å²) in [6.45, 7) is 7.60. The topological polar surface area (TPSA) is 90.3 Å². The highest BCUT2D eigenvalue weighted by Crippen LogP contribution is 2.31. The highest BCUT2D eigenvalue weighted by Gasteiger charge is 2.24.